The van der Waals surface area contributed by atoms with E-state index in [2.05, 4.69) is 4.98 Å². The molecule has 7 heteroatoms. The van der Waals surface area contributed by atoms with Gasteiger partial charge in [0.1, 0.15) is 5.82 Å². The minimum Gasteiger partial charge on any atom is -0.478 e. The first-order valence-electron chi connectivity index (χ1n) is 5.94. The van der Waals surface area contributed by atoms with E-state index in [4.69, 9.17) is 5.11 Å². The summed E-state index contributed by atoms with van der Waals surface area (Å²) >= 11 is 0. The Bertz CT molecular complexity index is 717. The average molecular weight is 294 g/mol. The predicted molar refractivity (Wildman–Crippen MR) is 72.4 cm³/mol. The van der Waals surface area contributed by atoms with E-state index < -0.39 is 15.8 Å². The topological polar surface area (TPSA) is 89.3 Å². The number of aromatic nitrogens is 2. The van der Waals surface area contributed by atoms with Gasteiger partial charge in [0.25, 0.3) is 0 Å². The van der Waals surface area contributed by atoms with Crippen LogP contribution in [0.15, 0.2) is 41.6 Å². The van der Waals surface area contributed by atoms with Crippen LogP contribution in [-0.4, -0.2) is 34.8 Å². The van der Waals surface area contributed by atoms with Gasteiger partial charge in [-0.2, -0.15) is 0 Å². The Morgan fingerprint density at radius 2 is 1.95 bits per heavy atom. The van der Waals surface area contributed by atoms with Crippen molar-refractivity contribution in [2.75, 3.05) is 5.75 Å². The van der Waals surface area contributed by atoms with Crippen LogP contribution in [-0.2, 0) is 16.4 Å². The molecular weight excluding hydrogens is 280 g/mol. The van der Waals surface area contributed by atoms with Gasteiger partial charge in [0.15, 0.2) is 9.84 Å². The quantitative estimate of drug-likeness (QED) is 0.899. The van der Waals surface area contributed by atoms with E-state index in [0.717, 1.165) is 5.82 Å². The maximum absolute atomic E-state index is 12.1. The molecule has 1 aromatic carbocycles. The number of benzene rings is 1. The van der Waals surface area contributed by atoms with Crippen molar-refractivity contribution in [1.82, 2.24) is 9.55 Å². The van der Waals surface area contributed by atoms with Crippen molar-refractivity contribution in [2.45, 2.75) is 18.4 Å². The molecule has 1 aromatic heterocycles. The van der Waals surface area contributed by atoms with E-state index in [9.17, 15) is 13.2 Å². The zero-order chi connectivity index (χ0) is 14.8. The lowest BCUT2D eigenvalue weighted by Crippen LogP contribution is -2.14. The molecule has 0 saturated heterocycles. The molecule has 2 aromatic rings. The molecule has 20 heavy (non-hydrogen) atoms. The molecule has 0 unspecified atom stereocenters. The number of rotatable bonds is 5. The number of sulfone groups is 1. The van der Waals surface area contributed by atoms with Crippen LogP contribution in [0.5, 0.6) is 0 Å². The Labute approximate surface area is 116 Å². The fourth-order valence-corrected chi connectivity index (χ4v) is 3.00. The summed E-state index contributed by atoms with van der Waals surface area (Å²) < 4.78 is 26.0. The highest BCUT2D eigenvalue weighted by Gasteiger charge is 2.15. The van der Waals surface area contributed by atoms with Gasteiger partial charge >= 0.3 is 5.97 Å². The van der Waals surface area contributed by atoms with Crippen molar-refractivity contribution in [3.8, 4) is 0 Å². The molecular formula is C13H14N2O4S. The molecule has 0 spiro atoms. The fraction of sp³-hybridized carbons (Fsp3) is 0.231. The van der Waals surface area contributed by atoms with Crippen LogP contribution in [0, 0.1) is 6.92 Å². The lowest BCUT2D eigenvalue weighted by atomic mass is 10.2. The summed E-state index contributed by atoms with van der Waals surface area (Å²) in [6.07, 6.45) is 3.34. The predicted octanol–water partition coefficient (Wildman–Crippen LogP) is 1.36. The molecule has 0 saturated carbocycles. The van der Waals surface area contributed by atoms with Crippen molar-refractivity contribution in [2.24, 2.45) is 0 Å². The van der Waals surface area contributed by atoms with Gasteiger partial charge in [-0.15, -0.1) is 0 Å². The number of carboxylic acid groups (broad SMARTS) is 1. The van der Waals surface area contributed by atoms with Gasteiger partial charge in [-0.05, 0) is 31.2 Å². The Morgan fingerprint density at radius 3 is 2.45 bits per heavy atom. The molecule has 1 N–H and O–H groups in total. The van der Waals surface area contributed by atoms with Crippen LogP contribution in [0.25, 0.3) is 0 Å². The standard InChI is InChI=1S/C13H14N2O4S/c1-10-14-6-7-15(10)8-9-20(18,19)12-4-2-11(3-5-12)13(16)17/h2-7H,8-9H2,1H3,(H,16,17). The van der Waals surface area contributed by atoms with Crippen LogP contribution in [0.2, 0.25) is 0 Å². The summed E-state index contributed by atoms with van der Waals surface area (Å²) in [5.74, 6) is -0.388. The van der Waals surface area contributed by atoms with Crippen LogP contribution in [0.1, 0.15) is 16.2 Å². The molecule has 106 valence electrons. The van der Waals surface area contributed by atoms with Crippen LogP contribution >= 0.6 is 0 Å². The smallest absolute Gasteiger partial charge is 0.335 e. The normalized spacial score (nSPS) is 11.4. The highest BCUT2D eigenvalue weighted by Crippen LogP contribution is 2.13. The zero-order valence-corrected chi connectivity index (χ0v) is 11.7. The lowest BCUT2D eigenvalue weighted by molar-refractivity contribution is 0.0696. The van der Waals surface area contributed by atoms with Gasteiger partial charge in [-0.1, -0.05) is 0 Å². The number of hydrogen-bond donors (Lipinski definition) is 1. The van der Waals surface area contributed by atoms with Crippen LogP contribution in [0.4, 0.5) is 0 Å². The summed E-state index contributed by atoms with van der Waals surface area (Å²) in [5.41, 5.74) is 0.0643. The second-order valence-electron chi connectivity index (χ2n) is 4.32. The number of aryl methyl sites for hydroxylation is 2. The van der Waals surface area contributed by atoms with E-state index in [1.54, 1.807) is 23.9 Å². The molecule has 0 aliphatic rings. The molecule has 0 aliphatic carbocycles. The zero-order valence-electron chi connectivity index (χ0n) is 10.9. The Hall–Kier alpha value is -2.15. The third-order valence-electron chi connectivity index (χ3n) is 2.98. The number of carbonyl (C=O) groups is 1. The van der Waals surface area contributed by atoms with E-state index in [1.807, 2.05) is 0 Å². The molecule has 6 nitrogen and oxygen atoms in total. The first kappa shape index (κ1) is 14.3. The molecule has 0 amide bonds. The van der Waals surface area contributed by atoms with E-state index in [1.165, 1.54) is 24.3 Å². The van der Waals surface area contributed by atoms with Crippen molar-refractivity contribution in [1.29, 1.82) is 0 Å². The summed E-state index contributed by atoms with van der Waals surface area (Å²) in [4.78, 5) is 14.9. The number of imidazole rings is 1. The van der Waals surface area contributed by atoms with Crippen LogP contribution in [0.3, 0.4) is 0 Å². The number of nitrogens with zero attached hydrogens (tertiary/aromatic N) is 2. The summed E-state index contributed by atoms with van der Waals surface area (Å²) in [7, 11) is -3.44. The SMILES string of the molecule is Cc1nccn1CCS(=O)(=O)c1ccc(C(=O)O)cc1. The molecule has 1 heterocycles. The van der Waals surface area contributed by atoms with Gasteiger partial charge in [-0.3, -0.25) is 0 Å². The van der Waals surface area contributed by atoms with Crippen molar-refractivity contribution >= 4 is 15.8 Å². The number of aromatic carboxylic acids is 1. The molecule has 0 fully saturated rings. The second-order valence-corrected chi connectivity index (χ2v) is 6.43. The monoisotopic (exact) mass is 294 g/mol. The molecule has 2 rings (SSSR count). The minimum absolute atomic E-state index is 0.0589. The minimum atomic E-state index is -3.44. The van der Waals surface area contributed by atoms with Crippen molar-refractivity contribution < 1.29 is 18.3 Å². The summed E-state index contributed by atoms with van der Waals surface area (Å²) in [6, 6.07) is 5.22. The van der Waals surface area contributed by atoms with Gasteiger partial charge in [0.2, 0.25) is 0 Å². The maximum Gasteiger partial charge on any atom is 0.335 e. The number of hydrogen-bond acceptors (Lipinski definition) is 4. The number of carboxylic acids is 1. The van der Waals surface area contributed by atoms with Gasteiger partial charge in [-0.25, -0.2) is 18.2 Å². The lowest BCUT2D eigenvalue weighted by Gasteiger charge is -2.07. The van der Waals surface area contributed by atoms with E-state index >= 15 is 0 Å². The van der Waals surface area contributed by atoms with Gasteiger partial charge < -0.3 is 9.67 Å². The van der Waals surface area contributed by atoms with E-state index in [0.29, 0.717) is 6.54 Å². The first-order valence-corrected chi connectivity index (χ1v) is 7.59. The van der Waals surface area contributed by atoms with Gasteiger partial charge in [0, 0.05) is 18.9 Å². The third-order valence-corrected chi connectivity index (χ3v) is 4.70. The van der Waals surface area contributed by atoms with Crippen LogP contribution < -0.4 is 0 Å². The third kappa shape index (κ3) is 3.05. The Balaban J connectivity index is 2.14. The summed E-state index contributed by atoms with van der Waals surface area (Å²) in [5, 5.41) is 8.78. The highest BCUT2D eigenvalue weighted by molar-refractivity contribution is 7.91. The first-order chi connectivity index (χ1) is 9.40. The average Bonchev–Trinajstić information content (AvgIpc) is 2.82. The fourth-order valence-electron chi connectivity index (χ4n) is 1.78. The Kier molecular flexibility index (Phi) is 3.89. The van der Waals surface area contributed by atoms with E-state index in [-0.39, 0.29) is 16.2 Å². The van der Waals surface area contributed by atoms with Gasteiger partial charge in [0.05, 0.1) is 16.2 Å². The second kappa shape index (κ2) is 5.46. The van der Waals surface area contributed by atoms with Crippen molar-refractivity contribution in [3.63, 3.8) is 0 Å². The van der Waals surface area contributed by atoms with Crippen molar-refractivity contribution in [3.05, 3.63) is 48.0 Å². The highest BCUT2D eigenvalue weighted by atomic mass is 32.2. The molecule has 0 atom stereocenters. The Morgan fingerprint density at radius 1 is 1.30 bits per heavy atom. The molecule has 0 bridgehead atoms. The largest absolute Gasteiger partial charge is 0.478 e. The molecule has 0 radical (unpaired) electrons. The summed E-state index contributed by atoms with van der Waals surface area (Å²) in [6.45, 7) is 2.11. The molecule has 0 aliphatic heterocycles. The maximum atomic E-state index is 12.1.